The molecule has 0 bridgehead atoms. The number of aromatic nitrogens is 1. The fraction of sp³-hybridized carbons (Fsp3) is 0.360. The number of piperidine rings is 1. The van der Waals surface area contributed by atoms with Gasteiger partial charge in [0.15, 0.2) is 5.75 Å². The second-order valence-electron chi connectivity index (χ2n) is 9.00. The maximum atomic E-state index is 13.8. The molecule has 1 fully saturated rings. The molecule has 6 nitrogen and oxygen atoms in total. The number of halogens is 1. The lowest BCUT2D eigenvalue weighted by molar-refractivity contribution is 0.0128. The lowest BCUT2D eigenvalue weighted by Gasteiger charge is -2.34. The number of carbonyl (C=O) groups is 1. The van der Waals surface area contributed by atoms with Crippen molar-refractivity contribution in [1.82, 2.24) is 9.88 Å². The number of likely N-dealkylation sites (tertiary alicyclic amines) is 1. The summed E-state index contributed by atoms with van der Waals surface area (Å²) in [5.41, 5.74) is 0.450. The van der Waals surface area contributed by atoms with E-state index in [2.05, 4.69) is 4.98 Å². The fourth-order valence-electron chi connectivity index (χ4n) is 3.85. The molecular formula is C25H27FN2O4. The van der Waals surface area contributed by atoms with E-state index in [1.165, 1.54) is 12.1 Å². The summed E-state index contributed by atoms with van der Waals surface area (Å²) in [6, 6.07) is 13.6. The fourth-order valence-corrected chi connectivity index (χ4v) is 3.85. The van der Waals surface area contributed by atoms with Gasteiger partial charge in [-0.15, -0.1) is 0 Å². The molecule has 0 saturated carbocycles. The van der Waals surface area contributed by atoms with Crippen molar-refractivity contribution in [3.05, 3.63) is 64.7 Å². The third kappa shape index (κ3) is 4.77. The van der Waals surface area contributed by atoms with Crippen LogP contribution >= 0.6 is 0 Å². The number of pyridine rings is 1. The predicted octanol–water partition coefficient (Wildman–Crippen LogP) is 5.11. The van der Waals surface area contributed by atoms with Crippen molar-refractivity contribution in [3.63, 3.8) is 0 Å². The normalized spacial score (nSPS) is 15.1. The van der Waals surface area contributed by atoms with Crippen LogP contribution < -0.4 is 10.3 Å². The third-order valence-electron chi connectivity index (χ3n) is 5.38. The Morgan fingerprint density at radius 2 is 1.75 bits per heavy atom. The van der Waals surface area contributed by atoms with Crippen molar-refractivity contribution in [2.24, 2.45) is 0 Å². The van der Waals surface area contributed by atoms with Gasteiger partial charge in [-0.05, 0) is 39.0 Å². The van der Waals surface area contributed by atoms with E-state index >= 15 is 0 Å². The van der Waals surface area contributed by atoms with E-state index < -0.39 is 11.4 Å². The first-order chi connectivity index (χ1) is 15.2. The van der Waals surface area contributed by atoms with Crippen molar-refractivity contribution in [3.8, 4) is 17.0 Å². The van der Waals surface area contributed by atoms with Gasteiger partial charge in [0.2, 0.25) is 0 Å². The van der Waals surface area contributed by atoms with Gasteiger partial charge in [0.05, 0.1) is 11.1 Å². The number of hydrogen-bond donors (Lipinski definition) is 1. The quantitative estimate of drug-likeness (QED) is 0.617. The van der Waals surface area contributed by atoms with E-state index in [1.807, 2.05) is 51.1 Å². The SMILES string of the molecule is CC(C)(C)OC(=O)N1CCC(Oc2c(-c3ccccc3)[nH]c(=O)c3cc(F)ccc23)CC1. The minimum absolute atomic E-state index is 0.157. The van der Waals surface area contributed by atoms with E-state index in [1.54, 1.807) is 11.0 Å². The van der Waals surface area contributed by atoms with E-state index in [9.17, 15) is 14.0 Å². The molecule has 1 aliphatic heterocycles. The van der Waals surface area contributed by atoms with Crippen LogP contribution in [0.5, 0.6) is 5.75 Å². The van der Waals surface area contributed by atoms with E-state index in [4.69, 9.17) is 9.47 Å². The molecule has 3 aromatic rings. The molecule has 1 saturated heterocycles. The highest BCUT2D eigenvalue weighted by Gasteiger charge is 2.28. The molecule has 1 aliphatic rings. The van der Waals surface area contributed by atoms with Gasteiger partial charge in [0.25, 0.3) is 5.56 Å². The topological polar surface area (TPSA) is 71.6 Å². The Balaban J connectivity index is 1.62. The molecule has 1 amide bonds. The van der Waals surface area contributed by atoms with E-state index in [0.717, 1.165) is 5.56 Å². The lowest BCUT2D eigenvalue weighted by atomic mass is 10.0. The number of hydrogen-bond acceptors (Lipinski definition) is 4. The molecule has 2 aromatic carbocycles. The van der Waals surface area contributed by atoms with Gasteiger partial charge in [-0.3, -0.25) is 4.79 Å². The summed E-state index contributed by atoms with van der Waals surface area (Å²) in [5.74, 6) is 0.0357. The Labute approximate surface area is 186 Å². The molecule has 0 aliphatic carbocycles. The van der Waals surface area contributed by atoms with Gasteiger partial charge in [0, 0.05) is 36.9 Å². The maximum Gasteiger partial charge on any atom is 0.410 e. The number of carbonyl (C=O) groups excluding carboxylic acids is 1. The average Bonchev–Trinajstić information content (AvgIpc) is 2.75. The Bertz CT molecular complexity index is 1180. The van der Waals surface area contributed by atoms with Crippen LogP contribution in [0.25, 0.3) is 22.0 Å². The van der Waals surface area contributed by atoms with Crippen LogP contribution in [-0.4, -0.2) is 40.8 Å². The minimum atomic E-state index is -0.543. The van der Waals surface area contributed by atoms with Crippen LogP contribution in [0.3, 0.4) is 0 Å². The smallest absolute Gasteiger partial charge is 0.410 e. The first kappa shape index (κ1) is 21.9. The van der Waals surface area contributed by atoms with Gasteiger partial charge in [0.1, 0.15) is 17.5 Å². The number of benzene rings is 2. The number of amides is 1. The van der Waals surface area contributed by atoms with Crippen molar-refractivity contribution in [2.45, 2.75) is 45.3 Å². The molecule has 0 unspecified atom stereocenters. The van der Waals surface area contributed by atoms with Crippen LogP contribution in [0.1, 0.15) is 33.6 Å². The first-order valence-corrected chi connectivity index (χ1v) is 10.8. The highest BCUT2D eigenvalue weighted by atomic mass is 19.1. The zero-order valence-electron chi connectivity index (χ0n) is 18.5. The molecule has 1 N–H and O–H groups in total. The zero-order valence-corrected chi connectivity index (χ0v) is 18.5. The molecule has 2 heterocycles. The number of H-pyrrole nitrogens is 1. The zero-order chi connectivity index (χ0) is 22.9. The van der Waals surface area contributed by atoms with E-state index in [-0.39, 0.29) is 23.1 Å². The van der Waals surface area contributed by atoms with Gasteiger partial charge in [-0.1, -0.05) is 30.3 Å². The van der Waals surface area contributed by atoms with Crippen LogP contribution in [0.4, 0.5) is 9.18 Å². The minimum Gasteiger partial charge on any atom is -0.487 e. The Hall–Kier alpha value is -3.35. The summed E-state index contributed by atoms with van der Waals surface area (Å²) in [4.78, 5) is 29.6. The Morgan fingerprint density at radius 3 is 2.41 bits per heavy atom. The number of nitrogens with one attached hydrogen (secondary N) is 1. The highest BCUT2D eigenvalue weighted by Crippen LogP contribution is 2.35. The maximum absolute atomic E-state index is 13.8. The number of nitrogens with zero attached hydrogens (tertiary/aromatic N) is 1. The molecule has 1 aromatic heterocycles. The summed E-state index contributed by atoms with van der Waals surface area (Å²) in [6.07, 6.45) is 0.756. The summed E-state index contributed by atoms with van der Waals surface area (Å²) in [5, 5.41) is 0.800. The van der Waals surface area contributed by atoms with Crippen LogP contribution in [0.2, 0.25) is 0 Å². The molecule has 0 spiro atoms. The van der Waals surface area contributed by atoms with Crippen LogP contribution in [0, 0.1) is 5.82 Å². The van der Waals surface area contributed by atoms with Crippen molar-refractivity contribution in [1.29, 1.82) is 0 Å². The summed E-state index contributed by atoms with van der Waals surface area (Å²) in [7, 11) is 0. The molecule has 7 heteroatoms. The van der Waals surface area contributed by atoms with Gasteiger partial charge in [-0.2, -0.15) is 0 Å². The summed E-state index contributed by atoms with van der Waals surface area (Å²) < 4.78 is 25.7. The lowest BCUT2D eigenvalue weighted by Crippen LogP contribution is -2.44. The predicted molar refractivity (Wildman–Crippen MR) is 121 cm³/mol. The second kappa shape index (κ2) is 8.65. The van der Waals surface area contributed by atoms with Gasteiger partial charge < -0.3 is 19.4 Å². The number of ether oxygens (including phenoxy) is 2. The van der Waals surface area contributed by atoms with Crippen molar-refractivity contribution >= 4 is 16.9 Å². The number of rotatable bonds is 3. The third-order valence-corrected chi connectivity index (χ3v) is 5.38. The standard InChI is InChI=1S/C25H27FN2O4/c1-25(2,3)32-24(30)28-13-11-18(12-14-28)31-22-19-10-9-17(26)15-20(19)23(29)27-21(22)16-7-5-4-6-8-16/h4-10,15,18H,11-14H2,1-3H3,(H,27,29). The van der Waals surface area contributed by atoms with E-state index in [0.29, 0.717) is 42.8 Å². The number of aromatic amines is 1. The molecule has 0 atom stereocenters. The van der Waals surface area contributed by atoms with Crippen LogP contribution in [0.15, 0.2) is 53.3 Å². The Kier molecular flexibility index (Phi) is 5.91. The Morgan fingerprint density at radius 1 is 1.06 bits per heavy atom. The monoisotopic (exact) mass is 438 g/mol. The highest BCUT2D eigenvalue weighted by molar-refractivity contribution is 5.93. The van der Waals surface area contributed by atoms with Crippen LogP contribution in [-0.2, 0) is 4.74 Å². The first-order valence-electron chi connectivity index (χ1n) is 10.8. The molecule has 168 valence electrons. The summed E-state index contributed by atoms with van der Waals surface area (Å²) >= 11 is 0. The summed E-state index contributed by atoms with van der Waals surface area (Å²) in [6.45, 7) is 6.55. The van der Waals surface area contributed by atoms with Gasteiger partial charge >= 0.3 is 6.09 Å². The molecule has 4 rings (SSSR count). The molecule has 32 heavy (non-hydrogen) atoms. The largest absolute Gasteiger partial charge is 0.487 e. The average molecular weight is 438 g/mol. The molecule has 0 radical (unpaired) electrons. The van der Waals surface area contributed by atoms with Gasteiger partial charge in [-0.25, -0.2) is 9.18 Å². The number of fused-ring (bicyclic) bond motifs is 1. The second-order valence-corrected chi connectivity index (χ2v) is 9.00. The molecular weight excluding hydrogens is 411 g/mol. The van der Waals surface area contributed by atoms with Crippen molar-refractivity contribution in [2.75, 3.05) is 13.1 Å². The van der Waals surface area contributed by atoms with Crippen molar-refractivity contribution < 1.29 is 18.7 Å².